The summed E-state index contributed by atoms with van der Waals surface area (Å²) in [5.74, 6) is 2.54. The number of rotatable bonds is 4. The molecule has 10 heteroatoms. The molecule has 0 saturated carbocycles. The van der Waals surface area contributed by atoms with Crippen LogP contribution in [0.4, 0.5) is 4.79 Å². The standard InChI is InChI=1S/C21H31N7O3/c1-21(2,3)31-20(29)28-14-7-8-15(28)11-13(10-14)24-19(22-4)23-12-17-25-18(27-26-17)16-6-5-9-30-16/h5-6,9,13-15H,7-8,10-12H2,1-4H3,(H2,22,23,24)(H,25,26,27). The van der Waals surface area contributed by atoms with Gasteiger partial charge < -0.3 is 24.7 Å². The Morgan fingerprint density at radius 3 is 2.71 bits per heavy atom. The molecule has 2 unspecified atom stereocenters. The summed E-state index contributed by atoms with van der Waals surface area (Å²) in [4.78, 5) is 23.3. The highest BCUT2D eigenvalue weighted by Crippen LogP contribution is 2.36. The second-order valence-corrected chi connectivity index (χ2v) is 9.09. The Labute approximate surface area is 181 Å². The van der Waals surface area contributed by atoms with Crippen LogP contribution >= 0.6 is 0 Å². The molecule has 2 aliphatic rings. The van der Waals surface area contributed by atoms with Gasteiger partial charge in [-0.3, -0.25) is 10.1 Å². The Kier molecular flexibility index (Phi) is 5.88. The number of nitrogens with zero attached hydrogens (tertiary/aromatic N) is 4. The van der Waals surface area contributed by atoms with Crippen molar-refractivity contribution in [2.24, 2.45) is 4.99 Å². The number of amides is 1. The van der Waals surface area contributed by atoms with Gasteiger partial charge in [0.1, 0.15) is 11.4 Å². The Bertz CT molecular complexity index is 902. The fourth-order valence-electron chi connectivity index (χ4n) is 4.35. The van der Waals surface area contributed by atoms with Crippen molar-refractivity contribution in [1.29, 1.82) is 0 Å². The predicted molar refractivity (Wildman–Crippen MR) is 115 cm³/mol. The van der Waals surface area contributed by atoms with Crippen LogP contribution in [-0.2, 0) is 11.3 Å². The summed E-state index contributed by atoms with van der Waals surface area (Å²) < 4.78 is 10.9. The second-order valence-electron chi connectivity index (χ2n) is 9.09. The number of aliphatic imine (C=N–C) groups is 1. The van der Waals surface area contributed by atoms with E-state index in [0.29, 0.717) is 29.9 Å². The summed E-state index contributed by atoms with van der Waals surface area (Å²) in [5, 5.41) is 13.9. The molecular weight excluding hydrogens is 398 g/mol. The van der Waals surface area contributed by atoms with Crippen LogP contribution in [0.5, 0.6) is 0 Å². The molecule has 2 atom stereocenters. The molecule has 2 aromatic rings. The van der Waals surface area contributed by atoms with Crippen molar-refractivity contribution >= 4 is 12.1 Å². The molecule has 168 valence electrons. The maximum Gasteiger partial charge on any atom is 0.410 e. The highest BCUT2D eigenvalue weighted by molar-refractivity contribution is 5.80. The molecule has 2 fully saturated rings. The van der Waals surface area contributed by atoms with E-state index < -0.39 is 5.60 Å². The second kappa shape index (κ2) is 8.60. The lowest BCUT2D eigenvalue weighted by atomic mass is 9.98. The molecule has 2 saturated heterocycles. The summed E-state index contributed by atoms with van der Waals surface area (Å²) in [5.41, 5.74) is -0.477. The van der Waals surface area contributed by atoms with Crippen molar-refractivity contribution in [2.75, 3.05) is 7.05 Å². The smallest absolute Gasteiger partial charge is 0.410 e. The van der Waals surface area contributed by atoms with Gasteiger partial charge in [-0.05, 0) is 58.6 Å². The number of hydrogen-bond donors (Lipinski definition) is 3. The number of carbonyl (C=O) groups is 1. The van der Waals surface area contributed by atoms with Gasteiger partial charge in [-0.1, -0.05) is 0 Å². The van der Waals surface area contributed by atoms with E-state index >= 15 is 0 Å². The average molecular weight is 430 g/mol. The van der Waals surface area contributed by atoms with Crippen LogP contribution in [0.1, 0.15) is 52.3 Å². The van der Waals surface area contributed by atoms with Crippen molar-refractivity contribution in [3.63, 3.8) is 0 Å². The lowest BCUT2D eigenvalue weighted by Gasteiger charge is -2.40. The van der Waals surface area contributed by atoms with Gasteiger partial charge in [0.05, 0.1) is 12.8 Å². The van der Waals surface area contributed by atoms with Gasteiger partial charge in [-0.25, -0.2) is 9.78 Å². The molecule has 10 nitrogen and oxygen atoms in total. The highest BCUT2D eigenvalue weighted by atomic mass is 16.6. The Hall–Kier alpha value is -3.04. The van der Waals surface area contributed by atoms with Crippen LogP contribution < -0.4 is 10.6 Å². The third-order valence-electron chi connectivity index (χ3n) is 5.60. The highest BCUT2D eigenvalue weighted by Gasteiger charge is 2.45. The van der Waals surface area contributed by atoms with Crippen molar-refractivity contribution in [3.05, 3.63) is 24.2 Å². The largest absolute Gasteiger partial charge is 0.461 e. The van der Waals surface area contributed by atoms with Crippen LogP contribution in [0.25, 0.3) is 11.6 Å². The molecule has 4 rings (SSSR count). The molecule has 2 aliphatic heterocycles. The van der Waals surface area contributed by atoms with Gasteiger partial charge in [-0.15, -0.1) is 5.10 Å². The SMILES string of the molecule is CN=C(NCc1nc(-c2ccco2)n[nH]1)NC1CC2CCC(C1)N2C(=O)OC(C)(C)C. The summed E-state index contributed by atoms with van der Waals surface area (Å²) in [7, 11) is 1.74. The van der Waals surface area contributed by atoms with Crippen LogP contribution in [-0.4, -0.2) is 62.9 Å². The van der Waals surface area contributed by atoms with Crippen molar-refractivity contribution in [2.45, 2.75) is 76.7 Å². The Morgan fingerprint density at radius 2 is 2.10 bits per heavy atom. The Balaban J connectivity index is 1.30. The molecule has 31 heavy (non-hydrogen) atoms. The summed E-state index contributed by atoms with van der Waals surface area (Å²) in [6.45, 7) is 6.17. The van der Waals surface area contributed by atoms with E-state index in [-0.39, 0.29) is 24.2 Å². The number of carbonyl (C=O) groups excluding carboxylic acids is 1. The van der Waals surface area contributed by atoms with Gasteiger partial charge in [0.2, 0.25) is 5.82 Å². The zero-order valence-corrected chi connectivity index (χ0v) is 18.5. The number of piperidine rings is 1. The third-order valence-corrected chi connectivity index (χ3v) is 5.60. The number of aromatic nitrogens is 3. The molecular formula is C21H31N7O3. The van der Waals surface area contributed by atoms with Crippen LogP contribution in [0.2, 0.25) is 0 Å². The van der Waals surface area contributed by atoms with E-state index in [2.05, 4.69) is 30.8 Å². The zero-order chi connectivity index (χ0) is 22.0. The average Bonchev–Trinajstić information content (AvgIpc) is 3.43. The quantitative estimate of drug-likeness (QED) is 0.505. The van der Waals surface area contributed by atoms with Gasteiger partial charge in [0, 0.05) is 25.2 Å². The van der Waals surface area contributed by atoms with Gasteiger partial charge in [0.15, 0.2) is 11.7 Å². The molecule has 1 amide bonds. The van der Waals surface area contributed by atoms with E-state index in [4.69, 9.17) is 9.15 Å². The first-order valence-corrected chi connectivity index (χ1v) is 10.8. The summed E-state index contributed by atoms with van der Waals surface area (Å²) >= 11 is 0. The number of furan rings is 1. The first kappa shape index (κ1) is 21.2. The topological polar surface area (TPSA) is 121 Å². The fraction of sp³-hybridized carbons (Fsp3) is 0.619. The minimum absolute atomic E-state index is 0.196. The monoisotopic (exact) mass is 429 g/mol. The number of fused-ring (bicyclic) bond motifs is 2. The van der Waals surface area contributed by atoms with E-state index in [1.807, 2.05) is 31.7 Å². The van der Waals surface area contributed by atoms with Crippen molar-refractivity contribution in [3.8, 4) is 11.6 Å². The number of H-pyrrole nitrogens is 1. The molecule has 4 heterocycles. The maximum atomic E-state index is 12.6. The zero-order valence-electron chi connectivity index (χ0n) is 18.5. The number of aromatic amines is 1. The number of hydrogen-bond acceptors (Lipinski definition) is 6. The molecule has 2 aromatic heterocycles. The predicted octanol–water partition coefficient (Wildman–Crippen LogP) is 2.66. The molecule has 0 spiro atoms. The first-order valence-electron chi connectivity index (χ1n) is 10.8. The van der Waals surface area contributed by atoms with Crippen molar-refractivity contribution in [1.82, 2.24) is 30.7 Å². The third kappa shape index (κ3) is 5.00. The lowest BCUT2D eigenvalue weighted by molar-refractivity contribution is 0.00544. The minimum atomic E-state index is -0.477. The maximum absolute atomic E-state index is 12.6. The van der Waals surface area contributed by atoms with Gasteiger partial charge in [-0.2, -0.15) is 0 Å². The molecule has 0 aromatic carbocycles. The molecule has 0 radical (unpaired) electrons. The first-order chi connectivity index (χ1) is 14.8. The van der Waals surface area contributed by atoms with Gasteiger partial charge >= 0.3 is 6.09 Å². The van der Waals surface area contributed by atoms with Gasteiger partial charge in [0.25, 0.3) is 0 Å². The van der Waals surface area contributed by atoms with E-state index in [1.165, 1.54) is 0 Å². The lowest BCUT2D eigenvalue weighted by Crippen LogP contribution is -2.54. The van der Waals surface area contributed by atoms with Crippen LogP contribution in [0.15, 0.2) is 27.8 Å². The number of nitrogens with one attached hydrogen (secondary N) is 3. The number of ether oxygens (including phenoxy) is 1. The summed E-state index contributed by atoms with van der Waals surface area (Å²) in [6.07, 6.45) is 5.18. The fourth-order valence-corrected chi connectivity index (χ4v) is 4.35. The van der Waals surface area contributed by atoms with Crippen molar-refractivity contribution < 1.29 is 13.9 Å². The molecule has 2 bridgehead atoms. The molecule has 3 N–H and O–H groups in total. The Morgan fingerprint density at radius 1 is 1.35 bits per heavy atom. The van der Waals surface area contributed by atoms with Crippen LogP contribution in [0, 0.1) is 0 Å². The van der Waals surface area contributed by atoms with E-state index in [1.54, 1.807) is 19.4 Å². The molecule has 0 aliphatic carbocycles. The minimum Gasteiger partial charge on any atom is -0.461 e. The summed E-state index contributed by atoms with van der Waals surface area (Å²) in [6, 6.07) is 4.27. The van der Waals surface area contributed by atoms with Crippen LogP contribution in [0.3, 0.4) is 0 Å². The van der Waals surface area contributed by atoms with E-state index in [0.717, 1.165) is 25.7 Å². The normalized spacial score (nSPS) is 23.7. The number of guanidine groups is 1. The van der Waals surface area contributed by atoms with E-state index in [9.17, 15) is 4.79 Å².